The van der Waals surface area contributed by atoms with Gasteiger partial charge in [0.1, 0.15) is 11.8 Å². The first-order valence-electron chi connectivity index (χ1n) is 12.9. The second kappa shape index (κ2) is 8.79. The van der Waals surface area contributed by atoms with Crippen LogP contribution in [-0.4, -0.2) is 89.9 Å². The molecule has 10 heteroatoms. The quantitative estimate of drug-likeness (QED) is 0.559. The zero-order valence-electron chi connectivity index (χ0n) is 22.3. The Balaban J connectivity index is 1.58. The van der Waals surface area contributed by atoms with Crippen LogP contribution in [0.2, 0.25) is 0 Å². The number of fused-ring (bicyclic) bond motifs is 8. The highest BCUT2D eigenvalue weighted by Gasteiger charge is 2.64. The van der Waals surface area contributed by atoms with Gasteiger partial charge in [-0.1, -0.05) is 6.07 Å². The van der Waals surface area contributed by atoms with Crippen molar-refractivity contribution in [1.29, 1.82) is 5.26 Å². The van der Waals surface area contributed by atoms with Gasteiger partial charge in [-0.2, -0.15) is 5.26 Å². The summed E-state index contributed by atoms with van der Waals surface area (Å²) in [5.41, 5.74) is 2.83. The Kier molecular flexibility index (Phi) is 5.87. The maximum Gasteiger partial charge on any atom is 0.231 e. The number of ether oxygens (including phenoxy) is 4. The minimum atomic E-state index is -1.90. The molecule has 0 spiro atoms. The van der Waals surface area contributed by atoms with Crippen LogP contribution in [0.25, 0.3) is 0 Å². The fraction of sp³-hybridized carbons (Fsp3) is 0.571. The third kappa shape index (κ3) is 3.14. The summed E-state index contributed by atoms with van der Waals surface area (Å²) < 4.78 is 22.8. The molecule has 38 heavy (non-hydrogen) atoms. The second-order valence-corrected chi connectivity index (χ2v) is 10.9. The summed E-state index contributed by atoms with van der Waals surface area (Å²) >= 11 is 0. The summed E-state index contributed by atoms with van der Waals surface area (Å²) in [6.07, 6.45) is 0.649. The summed E-state index contributed by atoms with van der Waals surface area (Å²) in [4.78, 5) is 17.9. The smallest absolute Gasteiger partial charge is 0.231 e. The predicted molar refractivity (Wildman–Crippen MR) is 134 cm³/mol. The molecule has 4 heterocycles. The molecule has 0 aromatic heterocycles. The number of likely N-dealkylation sites (N-methyl/N-ethyl adjacent to an activating group) is 1. The lowest BCUT2D eigenvalue weighted by Crippen LogP contribution is -2.74. The van der Waals surface area contributed by atoms with Crippen LogP contribution < -0.4 is 4.74 Å². The van der Waals surface area contributed by atoms with E-state index >= 15 is 0 Å². The van der Waals surface area contributed by atoms with Crippen molar-refractivity contribution in [2.24, 2.45) is 0 Å². The van der Waals surface area contributed by atoms with Crippen LogP contribution in [0, 0.1) is 25.2 Å². The van der Waals surface area contributed by atoms with Crippen molar-refractivity contribution < 1.29 is 34.0 Å². The number of rotatable bonds is 4. The highest BCUT2D eigenvalue weighted by atomic mass is 16.7. The van der Waals surface area contributed by atoms with Crippen molar-refractivity contribution in [3.05, 3.63) is 51.0 Å². The Morgan fingerprint density at radius 1 is 1.24 bits per heavy atom. The first kappa shape index (κ1) is 25.3. The van der Waals surface area contributed by atoms with E-state index in [-0.39, 0.29) is 32.1 Å². The number of ketones is 1. The zero-order valence-corrected chi connectivity index (χ0v) is 22.3. The molecule has 0 saturated carbocycles. The van der Waals surface area contributed by atoms with E-state index in [1.54, 1.807) is 14.0 Å². The summed E-state index contributed by atoms with van der Waals surface area (Å²) in [5, 5.41) is 33.4. The second-order valence-electron chi connectivity index (χ2n) is 10.9. The van der Waals surface area contributed by atoms with Gasteiger partial charge in [0.15, 0.2) is 29.7 Å². The van der Waals surface area contributed by atoms with Crippen LogP contribution in [0.3, 0.4) is 0 Å². The van der Waals surface area contributed by atoms with Gasteiger partial charge in [0.05, 0.1) is 24.8 Å². The molecule has 2 unspecified atom stereocenters. The Labute approximate surface area is 221 Å². The average molecular weight is 524 g/mol. The molecule has 3 fully saturated rings. The topological polar surface area (TPSA) is 125 Å². The van der Waals surface area contributed by atoms with Gasteiger partial charge in [0.25, 0.3) is 0 Å². The number of hydrogen-bond donors (Lipinski definition) is 2. The summed E-state index contributed by atoms with van der Waals surface area (Å²) in [7, 11) is 3.56. The van der Waals surface area contributed by atoms with Gasteiger partial charge < -0.3 is 29.2 Å². The molecule has 6 rings (SSSR count). The number of piperidine rings is 1. The Morgan fingerprint density at radius 2 is 1.97 bits per heavy atom. The molecular weight excluding hydrogens is 490 g/mol. The number of benzene rings is 1. The number of aliphatic hydroxyl groups excluding tert-OH is 1. The Bertz CT molecular complexity index is 1330. The molecule has 0 amide bonds. The molecule has 0 radical (unpaired) electrons. The van der Waals surface area contributed by atoms with E-state index in [1.807, 2.05) is 25.8 Å². The van der Waals surface area contributed by atoms with E-state index in [1.165, 1.54) is 0 Å². The summed E-state index contributed by atoms with van der Waals surface area (Å²) in [6, 6.07) is 2.31. The number of hydrogen-bond acceptors (Lipinski definition) is 10. The predicted octanol–water partition coefficient (Wildman–Crippen LogP) is 1.37. The van der Waals surface area contributed by atoms with Crippen molar-refractivity contribution >= 4 is 5.78 Å². The van der Waals surface area contributed by atoms with Gasteiger partial charge in [-0.25, -0.2) is 0 Å². The lowest BCUT2D eigenvalue weighted by Gasteiger charge is -2.62. The van der Waals surface area contributed by atoms with Crippen LogP contribution in [0.15, 0.2) is 28.7 Å². The number of aliphatic hydroxyl groups is 2. The lowest BCUT2D eigenvalue weighted by molar-refractivity contribution is -0.150. The van der Waals surface area contributed by atoms with E-state index < -0.39 is 36.1 Å². The lowest BCUT2D eigenvalue weighted by atomic mass is 9.64. The summed E-state index contributed by atoms with van der Waals surface area (Å²) in [6.45, 7) is 5.29. The fourth-order valence-corrected chi connectivity index (χ4v) is 7.46. The first-order valence-corrected chi connectivity index (χ1v) is 12.9. The molecule has 2 N–H and O–H groups in total. The number of Topliss-reactive ketones (excluding diaryl/α,β-unsaturated/α-hetero) is 1. The van der Waals surface area contributed by atoms with E-state index in [4.69, 9.17) is 18.9 Å². The maximum absolute atomic E-state index is 13.7. The number of piperazine rings is 1. The van der Waals surface area contributed by atoms with Gasteiger partial charge in [-0.3, -0.25) is 14.6 Å². The molecule has 5 aliphatic rings. The molecule has 10 nitrogen and oxygen atoms in total. The van der Waals surface area contributed by atoms with Gasteiger partial charge in [0, 0.05) is 42.3 Å². The molecule has 1 aliphatic carbocycles. The van der Waals surface area contributed by atoms with E-state index in [0.717, 1.165) is 28.0 Å². The number of carbonyl (C=O) groups is 1. The molecular formula is C28H33N3O7. The van der Waals surface area contributed by atoms with Crippen molar-refractivity contribution in [1.82, 2.24) is 9.80 Å². The standard InChI is InChI=1S/C28H33N3O7/c1-13-6-16-7-17-19(9-29)31-18(23(30(17)4)21(16)24(14(13)2)36-11-35-5)8-28(34)22(20(31)10-32)26-25(37-12-38-26)15(3)27(28)33/h6,17-20,23,32,34H,7-8,10-12H2,1-5H3/t17-,18?,19-,20-,23-,28?/m0/s1. The zero-order chi connectivity index (χ0) is 27.1. The number of nitriles is 1. The van der Waals surface area contributed by atoms with Gasteiger partial charge in [-0.15, -0.1) is 0 Å². The van der Waals surface area contributed by atoms with Crippen LogP contribution in [0.4, 0.5) is 0 Å². The van der Waals surface area contributed by atoms with Crippen molar-refractivity contribution in [2.75, 3.05) is 34.4 Å². The molecule has 202 valence electrons. The van der Waals surface area contributed by atoms with Gasteiger partial charge in [-0.05, 0) is 50.9 Å². The van der Waals surface area contributed by atoms with Crippen LogP contribution in [0.1, 0.15) is 41.6 Å². The minimum Gasteiger partial charge on any atom is -0.467 e. The minimum absolute atomic E-state index is 0.0329. The van der Waals surface area contributed by atoms with Crippen LogP contribution in [-0.2, 0) is 25.4 Å². The Hall–Kier alpha value is -2.94. The number of aryl methyl sites for hydroxylation is 1. The molecule has 3 saturated heterocycles. The maximum atomic E-state index is 13.7. The summed E-state index contributed by atoms with van der Waals surface area (Å²) in [5.74, 6) is 0.880. The highest BCUT2D eigenvalue weighted by molar-refractivity contribution is 6.06. The van der Waals surface area contributed by atoms with E-state index in [9.17, 15) is 20.3 Å². The largest absolute Gasteiger partial charge is 0.467 e. The van der Waals surface area contributed by atoms with E-state index in [0.29, 0.717) is 29.1 Å². The molecule has 1 aromatic rings. The molecule has 6 atom stereocenters. The molecule has 2 bridgehead atoms. The van der Waals surface area contributed by atoms with Crippen LogP contribution >= 0.6 is 0 Å². The highest BCUT2D eigenvalue weighted by Crippen LogP contribution is 2.55. The monoisotopic (exact) mass is 523 g/mol. The van der Waals surface area contributed by atoms with Crippen molar-refractivity contribution in [3.8, 4) is 11.8 Å². The number of nitrogens with zero attached hydrogens (tertiary/aromatic N) is 3. The SMILES string of the molecule is COCOc1c(C)c(C)cc2c1[C@@H]1C3CC4(O)C(=O)C(C)=C5OCOC5=C4[C@H](CO)N3[C@@H](C#N)[C@H](C2)N1C. The Morgan fingerprint density at radius 3 is 2.66 bits per heavy atom. The molecule has 4 aliphatic heterocycles. The number of methoxy groups -OCH3 is 1. The normalized spacial score (nSPS) is 34.1. The van der Waals surface area contributed by atoms with Gasteiger partial charge >= 0.3 is 0 Å². The first-order chi connectivity index (χ1) is 18.2. The van der Waals surface area contributed by atoms with Crippen molar-refractivity contribution in [2.45, 2.75) is 69.4 Å². The third-order valence-electron chi connectivity index (χ3n) is 9.22. The van der Waals surface area contributed by atoms with Crippen LogP contribution in [0.5, 0.6) is 5.75 Å². The van der Waals surface area contributed by atoms with Gasteiger partial charge in [0.2, 0.25) is 6.79 Å². The van der Waals surface area contributed by atoms with Crippen molar-refractivity contribution in [3.63, 3.8) is 0 Å². The number of carbonyl (C=O) groups excluding carboxylic acids is 1. The average Bonchev–Trinajstić information content (AvgIpc) is 3.38. The molecule has 1 aromatic carbocycles. The third-order valence-corrected chi connectivity index (χ3v) is 9.22. The fourth-order valence-electron chi connectivity index (χ4n) is 7.46. The van der Waals surface area contributed by atoms with E-state index in [2.05, 4.69) is 17.0 Å².